The Labute approximate surface area is 142 Å². The number of anilines is 2. The molecule has 0 unspecified atom stereocenters. The summed E-state index contributed by atoms with van der Waals surface area (Å²) < 4.78 is 5.52. The van der Waals surface area contributed by atoms with Crippen LogP contribution in [0.5, 0.6) is 5.75 Å². The topological polar surface area (TPSA) is 50.4 Å². The van der Waals surface area contributed by atoms with Gasteiger partial charge in [0.15, 0.2) is 0 Å². The number of ether oxygens (including phenoxy) is 1. The van der Waals surface area contributed by atoms with Crippen molar-refractivity contribution in [3.63, 3.8) is 0 Å². The van der Waals surface area contributed by atoms with Crippen LogP contribution in [0.15, 0.2) is 42.5 Å². The molecule has 0 spiro atoms. The van der Waals surface area contributed by atoms with Crippen LogP contribution in [-0.2, 0) is 6.42 Å². The summed E-state index contributed by atoms with van der Waals surface area (Å²) in [6.07, 6.45) is 2.17. The highest BCUT2D eigenvalue weighted by Crippen LogP contribution is 2.26. The molecule has 0 saturated heterocycles. The van der Waals surface area contributed by atoms with Crippen LogP contribution in [0.2, 0.25) is 0 Å². The van der Waals surface area contributed by atoms with Gasteiger partial charge in [-0.2, -0.15) is 0 Å². The van der Waals surface area contributed by atoms with E-state index in [9.17, 15) is 4.79 Å². The number of amides is 1. The van der Waals surface area contributed by atoms with Crippen LogP contribution in [0.1, 0.15) is 29.3 Å². The summed E-state index contributed by atoms with van der Waals surface area (Å²) in [6.45, 7) is 3.46. The molecule has 1 heterocycles. The smallest absolute Gasteiger partial charge is 0.259 e. The molecule has 0 radical (unpaired) electrons. The Bertz CT molecular complexity index is 688. The van der Waals surface area contributed by atoms with Gasteiger partial charge in [0.25, 0.3) is 5.91 Å². The van der Waals surface area contributed by atoms with Gasteiger partial charge in [0.1, 0.15) is 5.75 Å². The van der Waals surface area contributed by atoms with Crippen molar-refractivity contribution in [1.29, 1.82) is 0 Å². The first-order chi connectivity index (χ1) is 10.8. The number of carbonyl (C=O) groups excluding carboxylic acids is 1. The number of para-hydroxylation sites is 1. The zero-order valence-corrected chi connectivity index (χ0v) is 13.9. The van der Waals surface area contributed by atoms with E-state index >= 15 is 0 Å². The Balaban J connectivity index is 0.00000192. The fourth-order valence-corrected chi connectivity index (χ4v) is 2.69. The second kappa shape index (κ2) is 7.88. The average molecular weight is 333 g/mol. The number of rotatable bonds is 4. The van der Waals surface area contributed by atoms with Crippen LogP contribution in [0, 0.1) is 0 Å². The third kappa shape index (κ3) is 3.96. The molecule has 2 N–H and O–H groups in total. The highest BCUT2D eigenvalue weighted by molar-refractivity contribution is 6.06. The van der Waals surface area contributed by atoms with E-state index in [2.05, 4.69) is 10.6 Å². The van der Waals surface area contributed by atoms with Crippen molar-refractivity contribution in [1.82, 2.24) is 0 Å². The van der Waals surface area contributed by atoms with Crippen molar-refractivity contribution in [3.05, 3.63) is 53.6 Å². The Kier molecular flexibility index (Phi) is 5.88. The third-order valence-corrected chi connectivity index (χ3v) is 3.73. The SMILES string of the molecule is CCOc1ccccc1C(=O)Nc1ccc2c(c1)CCCN2.Cl. The van der Waals surface area contributed by atoms with Gasteiger partial charge in [0.2, 0.25) is 0 Å². The number of fused-ring (bicyclic) bond motifs is 1. The molecule has 0 atom stereocenters. The maximum Gasteiger partial charge on any atom is 0.259 e. The summed E-state index contributed by atoms with van der Waals surface area (Å²) in [4.78, 5) is 12.5. The first-order valence-electron chi connectivity index (χ1n) is 7.68. The van der Waals surface area contributed by atoms with Gasteiger partial charge in [-0.3, -0.25) is 4.79 Å². The molecule has 1 aliphatic heterocycles. The summed E-state index contributed by atoms with van der Waals surface area (Å²) in [5.74, 6) is 0.467. The molecule has 1 aliphatic rings. The molecule has 0 bridgehead atoms. The summed E-state index contributed by atoms with van der Waals surface area (Å²) in [6, 6.07) is 13.3. The predicted molar refractivity (Wildman–Crippen MR) is 96.1 cm³/mol. The van der Waals surface area contributed by atoms with E-state index < -0.39 is 0 Å². The van der Waals surface area contributed by atoms with E-state index in [0.717, 1.165) is 25.1 Å². The third-order valence-electron chi connectivity index (χ3n) is 3.73. The number of carbonyl (C=O) groups is 1. The Morgan fingerprint density at radius 2 is 2.09 bits per heavy atom. The van der Waals surface area contributed by atoms with Gasteiger partial charge in [-0.25, -0.2) is 0 Å². The van der Waals surface area contributed by atoms with Crippen molar-refractivity contribution in [2.75, 3.05) is 23.8 Å². The summed E-state index contributed by atoms with van der Waals surface area (Å²) in [7, 11) is 0. The van der Waals surface area contributed by atoms with Crippen molar-refractivity contribution in [3.8, 4) is 5.75 Å². The van der Waals surface area contributed by atoms with E-state index in [1.54, 1.807) is 6.07 Å². The monoisotopic (exact) mass is 332 g/mol. The summed E-state index contributed by atoms with van der Waals surface area (Å²) in [5, 5.41) is 6.33. The maximum absolute atomic E-state index is 12.5. The van der Waals surface area contributed by atoms with Crippen molar-refractivity contribution in [2.24, 2.45) is 0 Å². The lowest BCUT2D eigenvalue weighted by Gasteiger charge is -2.19. The van der Waals surface area contributed by atoms with Crippen LogP contribution < -0.4 is 15.4 Å². The molecule has 0 saturated carbocycles. The molecule has 0 aliphatic carbocycles. The molecule has 0 aromatic heterocycles. The van der Waals surface area contributed by atoms with Gasteiger partial charge < -0.3 is 15.4 Å². The molecular weight excluding hydrogens is 312 g/mol. The normalized spacial score (nSPS) is 12.4. The van der Waals surface area contributed by atoms with Crippen molar-refractivity contribution in [2.45, 2.75) is 19.8 Å². The molecule has 0 fully saturated rings. The zero-order valence-electron chi connectivity index (χ0n) is 13.1. The standard InChI is InChI=1S/C18H20N2O2.ClH/c1-2-22-17-8-4-3-7-15(17)18(21)20-14-9-10-16-13(12-14)6-5-11-19-16;/h3-4,7-10,12,19H,2,5-6,11H2,1H3,(H,20,21);1H. The molecule has 2 aromatic carbocycles. The van der Waals surface area contributed by atoms with Crippen LogP contribution >= 0.6 is 12.4 Å². The number of hydrogen-bond donors (Lipinski definition) is 2. The first kappa shape index (κ1) is 17.2. The van der Waals surface area contributed by atoms with Gasteiger partial charge >= 0.3 is 0 Å². The fourth-order valence-electron chi connectivity index (χ4n) is 2.69. The minimum Gasteiger partial charge on any atom is -0.493 e. The Hall–Kier alpha value is -2.20. The van der Waals surface area contributed by atoms with Gasteiger partial charge in [0, 0.05) is 17.9 Å². The fraction of sp³-hybridized carbons (Fsp3) is 0.278. The number of halogens is 1. The molecule has 4 nitrogen and oxygen atoms in total. The van der Waals surface area contributed by atoms with Crippen LogP contribution in [0.4, 0.5) is 11.4 Å². The predicted octanol–water partition coefficient (Wildman–Crippen LogP) is 4.12. The second-order valence-electron chi connectivity index (χ2n) is 5.29. The lowest BCUT2D eigenvalue weighted by molar-refractivity contribution is 0.102. The van der Waals surface area contributed by atoms with Gasteiger partial charge in [-0.15, -0.1) is 12.4 Å². The van der Waals surface area contributed by atoms with E-state index in [1.165, 1.54) is 11.3 Å². The maximum atomic E-state index is 12.5. The molecular formula is C18H21ClN2O2. The largest absolute Gasteiger partial charge is 0.493 e. The van der Waals surface area contributed by atoms with Gasteiger partial charge in [-0.1, -0.05) is 12.1 Å². The number of nitrogens with one attached hydrogen (secondary N) is 2. The first-order valence-corrected chi connectivity index (χ1v) is 7.68. The zero-order chi connectivity index (χ0) is 15.4. The summed E-state index contributed by atoms with van der Waals surface area (Å²) in [5.41, 5.74) is 3.79. The highest BCUT2D eigenvalue weighted by atomic mass is 35.5. The minimum absolute atomic E-state index is 0. The molecule has 5 heteroatoms. The minimum atomic E-state index is -0.146. The van der Waals surface area contributed by atoms with Crippen LogP contribution in [0.3, 0.4) is 0 Å². The molecule has 1 amide bonds. The molecule has 122 valence electrons. The van der Waals surface area contributed by atoms with E-state index in [0.29, 0.717) is 17.9 Å². The molecule has 2 aromatic rings. The van der Waals surface area contributed by atoms with Crippen LogP contribution in [0.25, 0.3) is 0 Å². The van der Waals surface area contributed by atoms with Crippen molar-refractivity contribution < 1.29 is 9.53 Å². The number of benzene rings is 2. The number of aryl methyl sites for hydroxylation is 1. The van der Waals surface area contributed by atoms with Crippen molar-refractivity contribution >= 4 is 29.7 Å². The van der Waals surface area contributed by atoms with Crippen LogP contribution in [-0.4, -0.2) is 19.1 Å². The highest BCUT2D eigenvalue weighted by Gasteiger charge is 2.14. The van der Waals surface area contributed by atoms with E-state index in [-0.39, 0.29) is 18.3 Å². The lowest BCUT2D eigenvalue weighted by Crippen LogP contribution is -2.15. The number of hydrogen-bond acceptors (Lipinski definition) is 3. The van der Waals surface area contributed by atoms with Gasteiger partial charge in [0.05, 0.1) is 12.2 Å². The average Bonchev–Trinajstić information content (AvgIpc) is 2.55. The molecule has 23 heavy (non-hydrogen) atoms. The van der Waals surface area contributed by atoms with E-state index in [1.807, 2.05) is 43.3 Å². The Morgan fingerprint density at radius 3 is 2.91 bits per heavy atom. The Morgan fingerprint density at radius 1 is 1.26 bits per heavy atom. The summed E-state index contributed by atoms with van der Waals surface area (Å²) >= 11 is 0. The second-order valence-corrected chi connectivity index (χ2v) is 5.29. The lowest BCUT2D eigenvalue weighted by atomic mass is 10.0. The quantitative estimate of drug-likeness (QED) is 0.885. The van der Waals surface area contributed by atoms with Gasteiger partial charge in [-0.05, 0) is 55.7 Å². The van der Waals surface area contributed by atoms with E-state index in [4.69, 9.17) is 4.74 Å². The molecule has 3 rings (SSSR count).